The Morgan fingerprint density at radius 3 is 2.86 bits per heavy atom. The van der Waals surface area contributed by atoms with Gasteiger partial charge in [0.15, 0.2) is 0 Å². The van der Waals surface area contributed by atoms with Crippen LogP contribution in [0.2, 0.25) is 0 Å². The Kier molecular flexibility index (Phi) is 7.75. The molecule has 0 aliphatic carbocycles. The summed E-state index contributed by atoms with van der Waals surface area (Å²) >= 11 is 1.69. The first-order valence-corrected chi connectivity index (χ1v) is 11.6. The minimum absolute atomic E-state index is 0.0306. The van der Waals surface area contributed by atoms with Crippen molar-refractivity contribution in [3.05, 3.63) is 53.3 Å². The molecule has 29 heavy (non-hydrogen) atoms. The topological polar surface area (TPSA) is 78.1 Å². The molecule has 0 radical (unpaired) electrons. The van der Waals surface area contributed by atoms with Crippen molar-refractivity contribution in [3.8, 4) is 0 Å². The van der Waals surface area contributed by atoms with Gasteiger partial charge in [-0.05, 0) is 42.4 Å². The summed E-state index contributed by atoms with van der Waals surface area (Å²) in [7, 11) is 0. The molecule has 2 N–H and O–H groups in total. The van der Waals surface area contributed by atoms with Gasteiger partial charge in [0.05, 0.1) is 6.20 Å². The number of piperidine rings is 1. The van der Waals surface area contributed by atoms with Crippen molar-refractivity contribution in [2.45, 2.75) is 44.6 Å². The van der Waals surface area contributed by atoms with E-state index in [1.54, 1.807) is 11.8 Å². The first-order valence-electron chi connectivity index (χ1n) is 10.2. The lowest BCUT2D eigenvalue weighted by Gasteiger charge is -2.35. The van der Waals surface area contributed by atoms with Gasteiger partial charge in [-0.25, -0.2) is 0 Å². The zero-order chi connectivity index (χ0) is 20.6. The molecule has 1 aliphatic rings. The number of carbonyl (C=O) groups is 2. The van der Waals surface area contributed by atoms with E-state index in [2.05, 4.69) is 27.6 Å². The van der Waals surface area contributed by atoms with E-state index in [4.69, 9.17) is 0 Å². The molecule has 1 aromatic carbocycles. The molecule has 2 atom stereocenters. The predicted molar refractivity (Wildman–Crippen MR) is 117 cm³/mol. The van der Waals surface area contributed by atoms with Gasteiger partial charge in [-0.15, -0.1) is 0 Å². The van der Waals surface area contributed by atoms with Crippen LogP contribution in [0.4, 0.5) is 0 Å². The maximum absolute atomic E-state index is 13.1. The average Bonchev–Trinajstić information content (AvgIpc) is 3.19. The molecule has 1 saturated heterocycles. The number of benzene rings is 1. The quantitative estimate of drug-likeness (QED) is 0.696. The fourth-order valence-electron chi connectivity index (χ4n) is 4.00. The summed E-state index contributed by atoms with van der Waals surface area (Å²) < 4.78 is 0. The van der Waals surface area contributed by atoms with Crippen LogP contribution in [0.1, 0.15) is 48.9 Å². The van der Waals surface area contributed by atoms with E-state index in [0.29, 0.717) is 13.0 Å². The lowest BCUT2D eigenvalue weighted by molar-refractivity contribution is -0.137. The standard InChI is InChI=1S/C22H30N4O2S/c1-16(27)24-20(10-12-29-2)22(28)26-11-6-9-18(15-26)21-19(14-23-25-21)13-17-7-4-3-5-8-17/h3-5,7-8,14,18,20H,6,9-13,15H2,1-2H3,(H,23,25)(H,24,27)/t18?,20-/m0/s1. The van der Waals surface area contributed by atoms with Crippen LogP contribution in [0, 0.1) is 0 Å². The largest absolute Gasteiger partial charge is 0.345 e. The molecule has 1 fully saturated rings. The van der Waals surface area contributed by atoms with Crippen molar-refractivity contribution in [2.75, 3.05) is 25.1 Å². The smallest absolute Gasteiger partial charge is 0.245 e. The second-order valence-electron chi connectivity index (χ2n) is 7.63. The highest BCUT2D eigenvalue weighted by Gasteiger charge is 2.31. The van der Waals surface area contributed by atoms with Crippen molar-refractivity contribution < 1.29 is 9.59 Å². The van der Waals surface area contributed by atoms with E-state index in [0.717, 1.165) is 37.3 Å². The minimum Gasteiger partial charge on any atom is -0.345 e. The summed E-state index contributed by atoms with van der Waals surface area (Å²) in [5.74, 6) is 0.961. The maximum atomic E-state index is 13.1. The number of H-pyrrole nitrogens is 1. The van der Waals surface area contributed by atoms with Crippen molar-refractivity contribution in [2.24, 2.45) is 0 Å². The first kappa shape index (κ1) is 21.4. The van der Waals surface area contributed by atoms with Gasteiger partial charge in [0.1, 0.15) is 6.04 Å². The van der Waals surface area contributed by atoms with Crippen molar-refractivity contribution >= 4 is 23.6 Å². The third-order valence-electron chi connectivity index (χ3n) is 5.42. The third kappa shape index (κ3) is 5.85. The van der Waals surface area contributed by atoms with Crippen LogP contribution in [-0.4, -0.2) is 58.1 Å². The number of nitrogens with zero attached hydrogens (tertiary/aromatic N) is 2. The van der Waals surface area contributed by atoms with Crippen LogP contribution >= 0.6 is 11.8 Å². The second kappa shape index (κ2) is 10.5. The summed E-state index contributed by atoms with van der Waals surface area (Å²) in [5, 5.41) is 10.3. The van der Waals surface area contributed by atoms with Crippen molar-refractivity contribution in [1.82, 2.24) is 20.4 Å². The highest BCUT2D eigenvalue weighted by Crippen LogP contribution is 2.29. The lowest BCUT2D eigenvalue weighted by atomic mass is 9.90. The van der Waals surface area contributed by atoms with E-state index >= 15 is 0 Å². The number of rotatable bonds is 8. The van der Waals surface area contributed by atoms with Gasteiger partial charge in [0.2, 0.25) is 11.8 Å². The molecule has 0 saturated carbocycles. The minimum atomic E-state index is -0.441. The molecule has 7 heteroatoms. The second-order valence-corrected chi connectivity index (χ2v) is 8.61. The summed E-state index contributed by atoms with van der Waals surface area (Å²) in [6.07, 6.45) is 7.39. The van der Waals surface area contributed by atoms with Gasteiger partial charge >= 0.3 is 0 Å². The monoisotopic (exact) mass is 414 g/mol. The van der Waals surface area contributed by atoms with Gasteiger partial charge in [-0.1, -0.05) is 30.3 Å². The molecule has 156 valence electrons. The maximum Gasteiger partial charge on any atom is 0.245 e. The summed E-state index contributed by atoms with van der Waals surface area (Å²) in [6, 6.07) is 9.92. The van der Waals surface area contributed by atoms with Crippen molar-refractivity contribution in [1.29, 1.82) is 0 Å². The first-order chi connectivity index (χ1) is 14.1. The normalized spacial score (nSPS) is 17.7. The van der Waals surface area contributed by atoms with Crippen LogP contribution in [0.3, 0.4) is 0 Å². The number of thioether (sulfide) groups is 1. The number of hydrogen-bond acceptors (Lipinski definition) is 4. The fourth-order valence-corrected chi connectivity index (χ4v) is 4.47. The Morgan fingerprint density at radius 2 is 2.14 bits per heavy atom. The number of amides is 2. The molecule has 2 heterocycles. The van der Waals surface area contributed by atoms with E-state index in [9.17, 15) is 9.59 Å². The Hall–Kier alpha value is -2.28. The van der Waals surface area contributed by atoms with Crippen LogP contribution in [-0.2, 0) is 16.0 Å². The molecule has 2 aromatic rings. The molecule has 0 bridgehead atoms. The number of aromatic nitrogens is 2. The summed E-state index contributed by atoms with van der Waals surface area (Å²) in [5.41, 5.74) is 3.57. The molecule has 6 nitrogen and oxygen atoms in total. The van der Waals surface area contributed by atoms with E-state index < -0.39 is 6.04 Å². The van der Waals surface area contributed by atoms with Gasteiger partial charge in [0.25, 0.3) is 0 Å². The molecule has 1 unspecified atom stereocenters. The van der Waals surface area contributed by atoms with Gasteiger partial charge in [0, 0.05) is 38.0 Å². The van der Waals surface area contributed by atoms with Crippen LogP contribution in [0.5, 0.6) is 0 Å². The predicted octanol–water partition coefficient (Wildman–Crippen LogP) is 2.96. The molecule has 0 spiro atoms. The van der Waals surface area contributed by atoms with Gasteiger partial charge in [-0.2, -0.15) is 16.9 Å². The fraction of sp³-hybridized carbons (Fsp3) is 0.500. The number of nitrogens with one attached hydrogen (secondary N) is 2. The number of likely N-dealkylation sites (tertiary alicyclic amines) is 1. The van der Waals surface area contributed by atoms with Gasteiger partial charge in [-0.3, -0.25) is 14.7 Å². The Balaban J connectivity index is 1.69. The van der Waals surface area contributed by atoms with Crippen LogP contribution in [0.25, 0.3) is 0 Å². The number of carbonyl (C=O) groups excluding carboxylic acids is 2. The Morgan fingerprint density at radius 1 is 1.34 bits per heavy atom. The molecular weight excluding hydrogens is 384 g/mol. The highest BCUT2D eigenvalue weighted by atomic mass is 32.2. The average molecular weight is 415 g/mol. The zero-order valence-electron chi connectivity index (χ0n) is 17.2. The summed E-state index contributed by atoms with van der Waals surface area (Å²) in [6.45, 7) is 2.88. The molecule has 3 rings (SSSR count). The van der Waals surface area contributed by atoms with Crippen LogP contribution in [0.15, 0.2) is 36.5 Å². The molecule has 2 amide bonds. The molecular formula is C22H30N4O2S. The van der Waals surface area contributed by atoms with Crippen LogP contribution < -0.4 is 5.32 Å². The third-order valence-corrected chi connectivity index (χ3v) is 6.06. The highest BCUT2D eigenvalue weighted by molar-refractivity contribution is 7.98. The number of aromatic amines is 1. The van der Waals surface area contributed by atoms with E-state index in [1.807, 2.05) is 35.6 Å². The van der Waals surface area contributed by atoms with E-state index in [1.165, 1.54) is 18.1 Å². The Bertz CT molecular complexity index is 808. The van der Waals surface area contributed by atoms with Gasteiger partial charge < -0.3 is 10.2 Å². The SMILES string of the molecule is CSCC[C@H](NC(C)=O)C(=O)N1CCCC(c2[nH]ncc2Cc2ccccc2)C1. The lowest BCUT2D eigenvalue weighted by Crippen LogP contribution is -2.51. The van der Waals surface area contributed by atoms with Crippen molar-refractivity contribution in [3.63, 3.8) is 0 Å². The van der Waals surface area contributed by atoms with E-state index in [-0.39, 0.29) is 17.7 Å². The Labute approximate surface area is 176 Å². The zero-order valence-corrected chi connectivity index (χ0v) is 18.0. The molecule has 1 aliphatic heterocycles. The number of hydrogen-bond donors (Lipinski definition) is 2. The molecule has 1 aromatic heterocycles. The summed E-state index contributed by atoms with van der Waals surface area (Å²) in [4.78, 5) is 26.6.